The summed E-state index contributed by atoms with van der Waals surface area (Å²) in [6.45, 7) is 0.0813. The highest BCUT2D eigenvalue weighted by Crippen LogP contribution is 2.35. The zero-order valence-electron chi connectivity index (χ0n) is 17.5. The summed E-state index contributed by atoms with van der Waals surface area (Å²) in [7, 11) is 1.46. The van der Waals surface area contributed by atoms with Crippen LogP contribution in [0.5, 0.6) is 0 Å². The summed E-state index contributed by atoms with van der Waals surface area (Å²) in [5.74, 6) is -5.49. The van der Waals surface area contributed by atoms with Crippen LogP contribution in [0, 0.1) is 23.4 Å². The molecule has 8 nitrogen and oxygen atoms in total. The molecule has 0 spiro atoms. The van der Waals surface area contributed by atoms with Crippen molar-refractivity contribution in [3.63, 3.8) is 0 Å². The van der Waals surface area contributed by atoms with E-state index in [1.165, 1.54) is 25.7 Å². The molecule has 174 valence electrons. The zero-order chi connectivity index (χ0) is 23.7. The molecule has 1 N–H and O–H groups in total. The van der Waals surface area contributed by atoms with Crippen LogP contribution >= 0.6 is 0 Å². The van der Waals surface area contributed by atoms with E-state index in [9.17, 15) is 22.8 Å². The molecule has 2 amide bonds. The number of amides is 2. The Hall–Kier alpha value is -3.57. The quantitative estimate of drug-likeness (QED) is 0.554. The Morgan fingerprint density at radius 2 is 1.94 bits per heavy atom. The molecule has 33 heavy (non-hydrogen) atoms. The van der Waals surface area contributed by atoms with Crippen LogP contribution in [0.4, 0.5) is 23.4 Å². The second-order valence-corrected chi connectivity index (χ2v) is 7.72. The van der Waals surface area contributed by atoms with Gasteiger partial charge in [-0.25, -0.2) is 32.5 Å². The van der Waals surface area contributed by atoms with E-state index < -0.39 is 47.4 Å². The van der Waals surface area contributed by atoms with Gasteiger partial charge in [0.05, 0.1) is 18.5 Å². The number of anilines is 1. The third kappa shape index (κ3) is 4.37. The van der Waals surface area contributed by atoms with Crippen LogP contribution in [0.25, 0.3) is 0 Å². The SMILES string of the molecule is CNC(=O)c1cc(N2CC[C@H](C(=O)N3N=CC[C@@H]3c3cc(F)cc(F)c3F)[C@H](F)C2)ncn1. The lowest BCUT2D eigenvalue weighted by Crippen LogP contribution is -2.48. The van der Waals surface area contributed by atoms with Crippen LogP contribution in [0.15, 0.2) is 29.6 Å². The molecule has 0 bridgehead atoms. The van der Waals surface area contributed by atoms with Crippen LogP contribution in [0.2, 0.25) is 0 Å². The van der Waals surface area contributed by atoms with Crippen LogP contribution in [-0.2, 0) is 4.79 Å². The molecule has 12 heteroatoms. The number of benzene rings is 1. The molecule has 3 atom stereocenters. The summed E-state index contributed by atoms with van der Waals surface area (Å²) in [6.07, 6.45) is 1.05. The molecule has 0 radical (unpaired) electrons. The first-order valence-corrected chi connectivity index (χ1v) is 10.2. The minimum Gasteiger partial charge on any atom is -0.354 e. The van der Waals surface area contributed by atoms with Crippen molar-refractivity contribution in [2.75, 3.05) is 25.0 Å². The first-order chi connectivity index (χ1) is 15.8. The van der Waals surface area contributed by atoms with Crippen molar-refractivity contribution in [1.82, 2.24) is 20.3 Å². The van der Waals surface area contributed by atoms with E-state index >= 15 is 4.39 Å². The lowest BCUT2D eigenvalue weighted by Gasteiger charge is -2.36. The van der Waals surface area contributed by atoms with Crippen molar-refractivity contribution in [2.24, 2.45) is 11.0 Å². The normalized spacial score (nSPS) is 22.5. The third-order valence-corrected chi connectivity index (χ3v) is 5.73. The Balaban J connectivity index is 1.49. The van der Waals surface area contributed by atoms with Gasteiger partial charge in [-0.2, -0.15) is 5.10 Å². The molecule has 2 aliphatic rings. The Morgan fingerprint density at radius 3 is 2.67 bits per heavy atom. The zero-order valence-corrected chi connectivity index (χ0v) is 17.5. The highest BCUT2D eigenvalue weighted by molar-refractivity contribution is 5.92. The number of piperidine rings is 1. The maximum absolute atomic E-state index is 15.1. The Bertz CT molecular complexity index is 1110. The van der Waals surface area contributed by atoms with Crippen LogP contribution in [0.3, 0.4) is 0 Å². The van der Waals surface area contributed by atoms with Gasteiger partial charge in [-0.15, -0.1) is 0 Å². The number of carbonyl (C=O) groups excluding carboxylic acids is 2. The van der Waals surface area contributed by atoms with Crippen molar-refractivity contribution in [2.45, 2.75) is 25.1 Å². The van der Waals surface area contributed by atoms with Crippen molar-refractivity contribution in [3.8, 4) is 0 Å². The Morgan fingerprint density at radius 1 is 1.15 bits per heavy atom. The van der Waals surface area contributed by atoms with E-state index in [4.69, 9.17) is 0 Å². The lowest BCUT2D eigenvalue weighted by atomic mass is 9.92. The van der Waals surface area contributed by atoms with Crippen LogP contribution in [-0.4, -0.2) is 59.3 Å². The second-order valence-electron chi connectivity index (χ2n) is 7.72. The van der Waals surface area contributed by atoms with Gasteiger partial charge in [0.15, 0.2) is 11.6 Å². The number of alkyl halides is 1. The number of hydrazone groups is 1. The molecule has 0 aliphatic carbocycles. The lowest BCUT2D eigenvalue weighted by molar-refractivity contribution is -0.140. The van der Waals surface area contributed by atoms with Gasteiger partial charge >= 0.3 is 0 Å². The topological polar surface area (TPSA) is 90.8 Å². The Kier molecular flexibility index (Phi) is 6.25. The predicted octanol–water partition coefficient (Wildman–Crippen LogP) is 2.38. The van der Waals surface area contributed by atoms with Crippen LogP contribution in [0.1, 0.15) is 34.9 Å². The maximum atomic E-state index is 15.1. The highest BCUT2D eigenvalue weighted by Gasteiger charge is 2.41. The Labute approximate surface area is 186 Å². The minimum absolute atomic E-state index is 0.0462. The average molecular weight is 464 g/mol. The first kappa shape index (κ1) is 22.6. The number of hydrogen-bond donors (Lipinski definition) is 1. The molecule has 2 aromatic rings. The smallest absolute Gasteiger partial charge is 0.269 e. The molecule has 1 aromatic heterocycles. The molecule has 1 aromatic carbocycles. The van der Waals surface area contributed by atoms with E-state index in [-0.39, 0.29) is 37.2 Å². The summed E-state index contributed by atoms with van der Waals surface area (Å²) in [5.41, 5.74) is -0.233. The monoisotopic (exact) mass is 464 g/mol. The van der Waals surface area contributed by atoms with Gasteiger partial charge in [0.1, 0.15) is 29.8 Å². The molecule has 4 rings (SSSR count). The van der Waals surface area contributed by atoms with Crippen molar-refractivity contribution < 1.29 is 27.2 Å². The molecule has 0 saturated carbocycles. The predicted molar refractivity (Wildman–Crippen MR) is 110 cm³/mol. The van der Waals surface area contributed by atoms with Gasteiger partial charge in [-0.05, 0) is 12.5 Å². The molecular weight excluding hydrogens is 444 g/mol. The first-order valence-electron chi connectivity index (χ1n) is 10.2. The summed E-state index contributed by atoms with van der Waals surface area (Å²) in [5, 5.41) is 7.27. The number of nitrogens with zero attached hydrogens (tertiary/aromatic N) is 5. The van der Waals surface area contributed by atoms with E-state index in [0.29, 0.717) is 11.9 Å². The third-order valence-electron chi connectivity index (χ3n) is 5.73. The van der Waals surface area contributed by atoms with E-state index in [1.807, 2.05) is 0 Å². The number of rotatable bonds is 4. The molecule has 1 fully saturated rings. The standard InChI is InChI=1S/C21H20F4N6O2/c1-26-20(32)16-8-18(28-10-27-16)30-5-3-12(15(24)9-30)21(33)31-17(2-4-29-31)13-6-11(22)7-14(23)19(13)25/h4,6-8,10,12,15,17H,2-3,5,9H2,1H3,(H,26,32)/t12-,15+,17+/m0/s1. The number of halogens is 4. The maximum Gasteiger partial charge on any atom is 0.269 e. The summed E-state index contributed by atoms with van der Waals surface area (Å²) in [6, 6.07) is 1.59. The summed E-state index contributed by atoms with van der Waals surface area (Å²) in [4.78, 5) is 34.4. The molecule has 1 saturated heterocycles. The number of aromatic nitrogens is 2. The van der Waals surface area contributed by atoms with Gasteiger partial charge in [0.25, 0.3) is 5.91 Å². The second kappa shape index (κ2) is 9.12. The van der Waals surface area contributed by atoms with Gasteiger partial charge in [-0.1, -0.05) is 0 Å². The minimum atomic E-state index is -1.62. The van der Waals surface area contributed by atoms with E-state index in [1.54, 1.807) is 4.90 Å². The van der Waals surface area contributed by atoms with Crippen molar-refractivity contribution >= 4 is 23.8 Å². The summed E-state index contributed by atoms with van der Waals surface area (Å²) >= 11 is 0. The number of carbonyl (C=O) groups is 2. The molecular formula is C21H20F4N6O2. The fourth-order valence-corrected chi connectivity index (χ4v) is 4.04. The van der Waals surface area contributed by atoms with Gasteiger partial charge in [0.2, 0.25) is 5.91 Å². The number of hydrogen-bond acceptors (Lipinski definition) is 6. The molecule has 3 heterocycles. The summed E-state index contributed by atoms with van der Waals surface area (Å²) < 4.78 is 56.7. The van der Waals surface area contributed by atoms with Gasteiger partial charge in [-0.3, -0.25) is 9.59 Å². The van der Waals surface area contributed by atoms with Gasteiger partial charge < -0.3 is 10.2 Å². The largest absolute Gasteiger partial charge is 0.354 e. The van der Waals surface area contributed by atoms with Crippen molar-refractivity contribution in [3.05, 3.63) is 53.2 Å². The fourth-order valence-electron chi connectivity index (χ4n) is 4.04. The molecule has 0 unspecified atom stereocenters. The van der Waals surface area contributed by atoms with E-state index in [0.717, 1.165) is 11.1 Å². The fraction of sp³-hybridized carbons (Fsp3) is 0.381. The van der Waals surface area contributed by atoms with E-state index in [2.05, 4.69) is 20.4 Å². The number of nitrogens with one attached hydrogen (secondary N) is 1. The van der Waals surface area contributed by atoms with Crippen LogP contribution < -0.4 is 10.2 Å². The highest BCUT2D eigenvalue weighted by atomic mass is 19.2. The molecule has 2 aliphatic heterocycles. The van der Waals surface area contributed by atoms with Crippen molar-refractivity contribution in [1.29, 1.82) is 0 Å². The average Bonchev–Trinajstić information content (AvgIpc) is 3.30. The van der Waals surface area contributed by atoms with Gasteiger partial charge in [0, 0.05) is 43.9 Å².